The molecule has 0 unspecified atom stereocenters. The summed E-state index contributed by atoms with van der Waals surface area (Å²) in [5.41, 5.74) is 8.69. The number of hydrogen-bond donors (Lipinski definition) is 2. The number of furan rings is 1. The topological polar surface area (TPSA) is 63.5 Å². The van der Waals surface area contributed by atoms with Crippen LogP contribution in [0.1, 0.15) is 16.9 Å². The zero-order valence-electron chi connectivity index (χ0n) is 13.6. The van der Waals surface area contributed by atoms with Crippen molar-refractivity contribution in [3.05, 3.63) is 71.2 Å². The number of aryl methyl sites for hydroxylation is 1. The lowest BCUT2D eigenvalue weighted by Gasteiger charge is -2.05. The molecule has 24 heavy (non-hydrogen) atoms. The van der Waals surface area contributed by atoms with Crippen LogP contribution in [0, 0.1) is 12.7 Å². The van der Waals surface area contributed by atoms with E-state index in [1.807, 2.05) is 25.1 Å². The number of guanidine groups is 1. The van der Waals surface area contributed by atoms with E-state index in [0.717, 1.165) is 17.4 Å². The summed E-state index contributed by atoms with van der Waals surface area (Å²) in [7, 11) is 0. The fourth-order valence-corrected chi connectivity index (χ4v) is 2.59. The Balaban J connectivity index is 1.59. The molecule has 0 saturated heterocycles. The van der Waals surface area contributed by atoms with Crippen LogP contribution in [0.3, 0.4) is 0 Å². The van der Waals surface area contributed by atoms with E-state index in [-0.39, 0.29) is 5.82 Å². The van der Waals surface area contributed by atoms with E-state index >= 15 is 0 Å². The minimum atomic E-state index is -0.274. The molecule has 0 bridgehead atoms. The molecular formula is C19H20FN3O. The predicted octanol–water partition coefficient (Wildman–Crippen LogP) is 3.53. The van der Waals surface area contributed by atoms with Crippen molar-refractivity contribution in [1.29, 1.82) is 0 Å². The Morgan fingerprint density at radius 3 is 2.79 bits per heavy atom. The maximum absolute atomic E-state index is 13.3. The van der Waals surface area contributed by atoms with Crippen molar-refractivity contribution in [3.8, 4) is 0 Å². The maximum atomic E-state index is 13.3. The first-order chi connectivity index (χ1) is 11.6. The summed E-state index contributed by atoms with van der Waals surface area (Å²) in [6.45, 7) is 2.94. The summed E-state index contributed by atoms with van der Waals surface area (Å²) in [5.74, 6) is 0.795. The van der Waals surface area contributed by atoms with Gasteiger partial charge in [-0.25, -0.2) is 9.38 Å². The summed E-state index contributed by atoms with van der Waals surface area (Å²) in [6, 6.07) is 14.7. The average Bonchev–Trinajstić information content (AvgIpc) is 2.90. The number of aliphatic imine (C=N–C) groups is 1. The van der Waals surface area contributed by atoms with Gasteiger partial charge in [-0.15, -0.1) is 0 Å². The van der Waals surface area contributed by atoms with E-state index in [4.69, 9.17) is 10.2 Å². The molecule has 3 aromatic rings. The van der Waals surface area contributed by atoms with Crippen LogP contribution in [0.5, 0.6) is 0 Å². The van der Waals surface area contributed by atoms with Crippen molar-refractivity contribution in [2.24, 2.45) is 10.7 Å². The van der Waals surface area contributed by atoms with Gasteiger partial charge < -0.3 is 15.5 Å². The molecule has 5 heteroatoms. The van der Waals surface area contributed by atoms with Gasteiger partial charge in [-0.2, -0.15) is 0 Å². The third-order valence-electron chi connectivity index (χ3n) is 3.95. The smallest absolute Gasteiger partial charge is 0.189 e. The molecule has 124 valence electrons. The molecule has 0 atom stereocenters. The maximum Gasteiger partial charge on any atom is 0.189 e. The lowest BCUT2D eigenvalue weighted by atomic mass is 10.1. The zero-order valence-corrected chi connectivity index (χ0v) is 13.6. The molecule has 0 radical (unpaired) electrons. The highest BCUT2D eigenvalue weighted by atomic mass is 19.1. The van der Waals surface area contributed by atoms with Crippen molar-refractivity contribution >= 4 is 16.9 Å². The largest absolute Gasteiger partial charge is 0.459 e. The number of benzene rings is 2. The van der Waals surface area contributed by atoms with Crippen LogP contribution in [0.15, 0.2) is 57.9 Å². The van der Waals surface area contributed by atoms with Crippen LogP contribution in [-0.2, 0) is 13.0 Å². The van der Waals surface area contributed by atoms with E-state index in [0.29, 0.717) is 30.4 Å². The van der Waals surface area contributed by atoms with Crippen LogP contribution in [0.2, 0.25) is 0 Å². The van der Waals surface area contributed by atoms with Gasteiger partial charge in [0.05, 0.1) is 0 Å². The fourth-order valence-electron chi connectivity index (χ4n) is 2.59. The Labute approximate surface area is 140 Å². The third kappa shape index (κ3) is 3.74. The first-order valence-electron chi connectivity index (χ1n) is 7.89. The van der Waals surface area contributed by atoms with Gasteiger partial charge in [0, 0.05) is 17.5 Å². The number of rotatable bonds is 5. The Bertz CT molecular complexity index is 856. The number of nitrogens with one attached hydrogen (secondary N) is 1. The van der Waals surface area contributed by atoms with Crippen molar-refractivity contribution in [2.75, 3.05) is 6.54 Å². The number of hydrogen-bond acceptors (Lipinski definition) is 2. The minimum absolute atomic E-state index is 0.274. The van der Waals surface area contributed by atoms with E-state index in [1.165, 1.54) is 17.7 Å². The average molecular weight is 325 g/mol. The van der Waals surface area contributed by atoms with Crippen molar-refractivity contribution in [3.63, 3.8) is 0 Å². The molecule has 3 rings (SSSR count). The summed E-state index contributed by atoms with van der Waals surface area (Å²) in [4.78, 5) is 4.30. The van der Waals surface area contributed by atoms with Gasteiger partial charge in [-0.3, -0.25) is 0 Å². The molecule has 1 heterocycles. The van der Waals surface area contributed by atoms with Crippen LogP contribution < -0.4 is 11.1 Å². The number of fused-ring (bicyclic) bond motifs is 1. The highest BCUT2D eigenvalue weighted by Crippen LogP contribution is 2.26. The molecule has 0 amide bonds. The molecule has 0 aliphatic rings. The lowest BCUT2D eigenvalue weighted by molar-refractivity contribution is 0.547. The molecule has 0 aliphatic heterocycles. The third-order valence-corrected chi connectivity index (χ3v) is 3.95. The normalized spacial score (nSPS) is 11.8. The molecule has 0 aliphatic carbocycles. The molecule has 1 aromatic heterocycles. The van der Waals surface area contributed by atoms with Gasteiger partial charge in [-0.1, -0.05) is 30.3 Å². The van der Waals surface area contributed by atoms with Gasteiger partial charge in [-0.05, 0) is 37.1 Å². The zero-order chi connectivity index (χ0) is 16.9. The second kappa shape index (κ2) is 7.17. The SMILES string of the molecule is Cc1c(CN=C(N)NCCc2ccccc2)oc2ccc(F)cc12. The standard InChI is InChI=1S/C19H20FN3O/c1-13-16-11-15(20)7-8-17(16)24-18(13)12-23-19(21)22-10-9-14-5-3-2-4-6-14/h2-8,11H,9-10,12H2,1H3,(H3,21,22,23). The van der Waals surface area contributed by atoms with E-state index in [2.05, 4.69) is 22.4 Å². The Kier molecular flexibility index (Phi) is 4.79. The highest BCUT2D eigenvalue weighted by molar-refractivity contribution is 5.82. The van der Waals surface area contributed by atoms with Gasteiger partial charge in [0.25, 0.3) is 0 Å². The molecule has 2 aromatic carbocycles. The van der Waals surface area contributed by atoms with Crippen molar-refractivity contribution in [1.82, 2.24) is 5.32 Å². The first kappa shape index (κ1) is 16.1. The molecular weight excluding hydrogens is 305 g/mol. The van der Waals surface area contributed by atoms with Crippen LogP contribution in [-0.4, -0.2) is 12.5 Å². The fraction of sp³-hybridized carbons (Fsp3) is 0.211. The second-order valence-corrected chi connectivity index (χ2v) is 5.65. The minimum Gasteiger partial charge on any atom is -0.459 e. The Morgan fingerprint density at radius 1 is 1.21 bits per heavy atom. The predicted molar refractivity (Wildman–Crippen MR) is 94.4 cm³/mol. The van der Waals surface area contributed by atoms with Gasteiger partial charge in [0.2, 0.25) is 0 Å². The van der Waals surface area contributed by atoms with Crippen LogP contribution in [0.25, 0.3) is 11.0 Å². The molecule has 0 saturated carbocycles. The van der Waals surface area contributed by atoms with E-state index in [9.17, 15) is 4.39 Å². The Hall–Kier alpha value is -2.82. The Morgan fingerprint density at radius 2 is 2.00 bits per heavy atom. The molecule has 0 fully saturated rings. The first-order valence-corrected chi connectivity index (χ1v) is 7.89. The van der Waals surface area contributed by atoms with Gasteiger partial charge in [0.15, 0.2) is 5.96 Å². The number of nitrogens with two attached hydrogens (primary N) is 1. The van der Waals surface area contributed by atoms with E-state index in [1.54, 1.807) is 6.07 Å². The summed E-state index contributed by atoms with van der Waals surface area (Å²) < 4.78 is 19.0. The number of halogens is 1. The van der Waals surface area contributed by atoms with Crippen LogP contribution >= 0.6 is 0 Å². The summed E-state index contributed by atoms with van der Waals surface area (Å²) in [6.07, 6.45) is 0.875. The number of nitrogens with zero attached hydrogens (tertiary/aromatic N) is 1. The molecule has 3 N–H and O–H groups in total. The van der Waals surface area contributed by atoms with Crippen LogP contribution in [0.4, 0.5) is 4.39 Å². The molecule has 4 nitrogen and oxygen atoms in total. The lowest BCUT2D eigenvalue weighted by Crippen LogP contribution is -2.33. The van der Waals surface area contributed by atoms with E-state index < -0.39 is 0 Å². The second-order valence-electron chi connectivity index (χ2n) is 5.65. The highest BCUT2D eigenvalue weighted by Gasteiger charge is 2.10. The summed E-state index contributed by atoms with van der Waals surface area (Å²) in [5, 5.41) is 3.86. The van der Waals surface area contributed by atoms with Crippen molar-refractivity contribution in [2.45, 2.75) is 19.9 Å². The quantitative estimate of drug-likeness (QED) is 0.557. The van der Waals surface area contributed by atoms with Gasteiger partial charge in [0.1, 0.15) is 23.7 Å². The monoisotopic (exact) mass is 325 g/mol. The van der Waals surface area contributed by atoms with Crippen molar-refractivity contribution < 1.29 is 8.81 Å². The summed E-state index contributed by atoms with van der Waals surface area (Å²) >= 11 is 0. The molecule has 0 spiro atoms. The van der Waals surface area contributed by atoms with Gasteiger partial charge >= 0.3 is 0 Å².